The first-order valence-corrected chi connectivity index (χ1v) is 33.1. The van der Waals surface area contributed by atoms with Crippen molar-refractivity contribution in [3.8, 4) is 0 Å². The van der Waals surface area contributed by atoms with E-state index >= 15 is 4.79 Å². The molecule has 0 aliphatic carbocycles. The lowest BCUT2D eigenvalue weighted by Crippen LogP contribution is -2.64. The molecule has 36 nitrogen and oxygen atoms in total. The predicted octanol–water partition coefficient (Wildman–Crippen LogP) is -3.39. The molecular formula is C64H103F6N15O21. The molecule has 42 heteroatoms. The van der Waals surface area contributed by atoms with Crippen LogP contribution in [0.15, 0.2) is 35.3 Å². The summed E-state index contributed by atoms with van der Waals surface area (Å²) in [5, 5.41) is 82.5. The molecule has 1 aliphatic heterocycles. The first-order valence-electron chi connectivity index (χ1n) is 33.1. The molecule has 0 unspecified atom stereocenters. The van der Waals surface area contributed by atoms with Crippen molar-refractivity contribution in [1.29, 1.82) is 0 Å². The van der Waals surface area contributed by atoms with Crippen LogP contribution in [0.5, 0.6) is 0 Å². The highest BCUT2D eigenvalue weighted by atomic mass is 19.4. The van der Waals surface area contributed by atoms with E-state index in [4.69, 9.17) is 47.5 Å². The maximum Gasteiger partial charge on any atom is 0.490 e. The van der Waals surface area contributed by atoms with Crippen molar-refractivity contribution in [3.05, 3.63) is 35.9 Å². The largest absolute Gasteiger partial charge is 0.490 e. The quantitative estimate of drug-likeness (QED) is 0.0188. The number of halogens is 6. The second kappa shape index (κ2) is 43.8. The van der Waals surface area contributed by atoms with E-state index in [1.165, 1.54) is 44.2 Å². The van der Waals surface area contributed by atoms with Crippen LogP contribution in [-0.2, 0) is 71.9 Å². The van der Waals surface area contributed by atoms with Gasteiger partial charge in [0.05, 0.1) is 31.4 Å². The third-order valence-corrected chi connectivity index (χ3v) is 15.1. The molecule has 1 aliphatic rings. The number of nitrogens with two attached hydrogens (primary N) is 4. The van der Waals surface area contributed by atoms with E-state index in [0.717, 1.165) is 6.92 Å². The third-order valence-electron chi connectivity index (χ3n) is 15.1. The fraction of sp³-hybridized carbons (Fsp3) is 0.672. The van der Waals surface area contributed by atoms with Gasteiger partial charge in [-0.05, 0) is 73.2 Å². The van der Waals surface area contributed by atoms with Gasteiger partial charge in [-0.3, -0.25) is 57.7 Å². The number of ether oxygens (including phenoxy) is 1. The first kappa shape index (κ1) is 96.4. The van der Waals surface area contributed by atoms with E-state index in [1.54, 1.807) is 48.5 Å². The van der Waals surface area contributed by atoms with E-state index < -0.39 is 216 Å². The van der Waals surface area contributed by atoms with Gasteiger partial charge in [-0.15, -0.1) is 0 Å². The molecule has 1 fully saturated rings. The number of hydrogen-bond acceptors (Lipinski definition) is 21. The molecule has 602 valence electrons. The Hall–Kier alpha value is -9.55. The van der Waals surface area contributed by atoms with Gasteiger partial charge in [-0.2, -0.15) is 26.3 Å². The number of carbonyl (C=O) groups excluding carboxylic acids is 12. The highest BCUT2D eigenvalue weighted by Gasteiger charge is 2.45. The highest BCUT2D eigenvalue weighted by Crippen LogP contribution is 2.27. The number of amides is 11. The topological polar surface area (TPSA) is 606 Å². The van der Waals surface area contributed by atoms with Crippen LogP contribution in [0.3, 0.4) is 0 Å². The molecule has 0 radical (unpaired) electrons. The Morgan fingerprint density at radius 2 is 1.09 bits per heavy atom. The Morgan fingerprint density at radius 1 is 0.623 bits per heavy atom. The summed E-state index contributed by atoms with van der Waals surface area (Å²) in [5.41, 5.74) is 21.5. The van der Waals surface area contributed by atoms with E-state index in [0.29, 0.717) is 0 Å². The molecule has 1 heterocycles. The van der Waals surface area contributed by atoms with E-state index in [2.05, 4.69) is 47.5 Å². The number of nitrogens with one attached hydrogen (secondary N) is 10. The van der Waals surface area contributed by atoms with Crippen LogP contribution in [-0.4, -0.2) is 230 Å². The average Bonchev–Trinajstić information content (AvgIpc) is 0.810. The zero-order valence-electron chi connectivity index (χ0n) is 60.9. The number of nitrogens with zero attached hydrogens (tertiary/aromatic N) is 1. The van der Waals surface area contributed by atoms with Gasteiger partial charge in [0.2, 0.25) is 65.0 Å². The van der Waals surface area contributed by atoms with E-state index in [-0.39, 0.29) is 62.5 Å². The fourth-order valence-electron chi connectivity index (χ4n) is 9.51. The highest BCUT2D eigenvalue weighted by molar-refractivity contribution is 6.00. The van der Waals surface area contributed by atoms with Gasteiger partial charge in [0, 0.05) is 6.54 Å². The molecule has 1 aromatic carbocycles. The SMILES string of the molecule is CC[C@H](C)[C@@H]1NC(=O)[C@@H](CCCN=C(N)N)NC(=O)[C@H](CC(C)C)NC(=O)[C@H]([C@H](O)C(C)C)NC(=O)[C@@H](NC(=O)[C@H](CC(C)(C)C)NC(=O)[C@H](N)CC(C)(C)C)[C@@H](c2ccccc2)OC(=O)[C@H](CO)NC(=O)[C@H]([C@H](O)C(N)=O)NC(=O)CNC(=O)[C@H]([C@H](C)O)NC1=O.O=C(O)C(F)(F)F.O=C(O)C(F)(F)F. The number of aliphatic hydroxyl groups excluding tert-OH is 4. The normalized spacial score (nSPS) is 22.9. The molecule has 15 atom stereocenters. The standard InChI is InChI=1S/C60H101N15O17.2C2HF3O2/c1-14-30(6)39-53(87)73-40(31(7)77)52(86)66-26-38(78)71-42(45(80)47(62)81)55(89)70-37(27-76)57(91)92-46(32-19-16-15-17-20-32)43(75-51(85)36(25-60(11,12)13)69-48(82)33(61)24-59(8,9)10)56(90)74-41(44(79)29(4)5)54(88)68-35(23-28(2)3)50(84)67-34(49(83)72-39)21-18-22-65-58(63)64;2*3-2(4,5)1(6)7/h15-17,19-20,28-31,33-37,39-46,76-77,79-80H,14,18,21-27,61H2,1-13H3,(H2,62,81)(H,66,86)(H,67,84)(H,68,88)(H,69,82)(H,70,89)(H,71,78)(H,72,83)(H,73,87)(H,74,90)(H,75,85)(H4,63,64,65);2*(H,6,7)/t30-,31-,33+,34+,35-,36-,37-,39-,40-,41-,42-,43-,44+,45-,46+;;/m0../s1. The van der Waals surface area contributed by atoms with E-state index in [9.17, 15) is 99.5 Å². The van der Waals surface area contributed by atoms with Crippen molar-refractivity contribution in [2.24, 2.45) is 56.5 Å². The molecule has 1 saturated heterocycles. The van der Waals surface area contributed by atoms with Gasteiger partial charge in [-0.1, -0.05) is 120 Å². The third kappa shape index (κ3) is 35.5. The van der Waals surface area contributed by atoms with Crippen LogP contribution in [0.2, 0.25) is 0 Å². The summed E-state index contributed by atoms with van der Waals surface area (Å²) in [7, 11) is 0. The lowest BCUT2D eigenvalue weighted by molar-refractivity contribution is -0.193. The molecule has 0 aromatic heterocycles. The second-order valence-electron chi connectivity index (χ2n) is 27.9. The number of benzene rings is 1. The Kier molecular flexibility index (Phi) is 39.8. The minimum atomic E-state index is -5.08. The summed E-state index contributed by atoms with van der Waals surface area (Å²) in [6, 6.07) is -10.9. The summed E-state index contributed by atoms with van der Waals surface area (Å²) >= 11 is 0. The van der Waals surface area contributed by atoms with Gasteiger partial charge in [-0.25, -0.2) is 14.4 Å². The monoisotopic (exact) mass is 1530 g/mol. The number of hydrogen-bond donors (Lipinski definition) is 20. The van der Waals surface area contributed by atoms with Crippen molar-refractivity contribution in [1.82, 2.24) is 53.2 Å². The number of cyclic esters (lactones) is 1. The number of aliphatic carboxylic acids is 2. The molecule has 0 bridgehead atoms. The predicted molar refractivity (Wildman–Crippen MR) is 363 cm³/mol. The van der Waals surface area contributed by atoms with Crippen molar-refractivity contribution in [2.45, 2.75) is 226 Å². The van der Waals surface area contributed by atoms with Gasteiger partial charge in [0.25, 0.3) is 0 Å². The van der Waals surface area contributed by atoms with Crippen LogP contribution in [0.25, 0.3) is 0 Å². The number of guanidine groups is 1. The lowest BCUT2D eigenvalue weighted by Gasteiger charge is -2.34. The van der Waals surface area contributed by atoms with Crippen molar-refractivity contribution >= 4 is 88.8 Å². The number of carboxylic acids is 2. The van der Waals surface area contributed by atoms with Crippen molar-refractivity contribution in [2.75, 3.05) is 19.7 Å². The van der Waals surface area contributed by atoms with Gasteiger partial charge >= 0.3 is 30.3 Å². The number of carbonyl (C=O) groups is 14. The van der Waals surface area contributed by atoms with Crippen LogP contribution in [0.1, 0.15) is 140 Å². The maximum absolute atomic E-state index is 15.4. The minimum Gasteiger partial charge on any atom is -0.475 e. The van der Waals surface area contributed by atoms with Crippen LogP contribution in [0.4, 0.5) is 26.3 Å². The zero-order chi connectivity index (χ0) is 82.4. The number of aliphatic hydroxyl groups is 4. The molecule has 2 rings (SSSR count). The summed E-state index contributed by atoms with van der Waals surface area (Å²) in [6.07, 6.45) is -18.3. The fourth-order valence-corrected chi connectivity index (χ4v) is 9.51. The Morgan fingerprint density at radius 3 is 1.55 bits per heavy atom. The van der Waals surface area contributed by atoms with Crippen LogP contribution in [0, 0.1) is 28.6 Å². The molecular weight excluding hydrogens is 1430 g/mol. The average molecular weight is 1530 g/mol. The Labute approximate surface area is 606 Å². The van der Waals surface area contributed by atoms with Crippen LogP contribution >= 0.6 is 0 Å². The minimum absolute atomic E-state index is 0.0445. The molecule has 1 aromatic rings. The smallest absolute Gasteiger partial charge is 0.475 e. The molecule has 0 spiro atoms. The number of carboxylic acid groups (broad SMARTS) is 2. The molecule has 24 N–H and O–H groups in total. The molecule has 11 amide bonds. The Bertz CT molecular complexity index is 3160. The van der Waals surface area contributed by atoms with Crippen LogP contribution < -0.4 is 76.1 Å². The maximum atomic E-state index is 15.4. The van der Waals surface area contributed by atoms with Crippen molar-refractivity contribution < 1.29 is 129 Å². The summed E-state index contributed by atoms with van der Waals surface area (Å²) in [6.45, 7) is 19.0. The number of aliphatic imine (C=N–C) groups is 1. The number of esters is 1. The zero-order valence-corrected chi connectivity index (χ0v) is 60.9. The van der Waals surface area contributed by atoms with Gasteiger partial charge in [0.15, 0.2) is 24.2 Å². The molecule has 106 heavy (non-hydrogen) atoms. The Balaban J connectivity index is 0.00000710. The number of primary amides is 1. The van der Waals surface area contributed by atoms with Gasteiger partial charge < -0.3 is 111 Å². The summed E-state index contributed by atoms with van der Waals surface area (Å²) < 4.78 is 69.4. The second-order valence-corrected chi connectivity index (χ2v) is 27.9. The summed E-state index contributed by atoms with van der Waals surface area (Å²) in [5.74, 6) is -22.4. The van der Waals surface area contributed by atoms with Gasteiger partial charge in [0.1, 0.15) is 48.3 Å². The number of rotatable bonds is 21. The first-order chi connectivity index (χ1) is 48.5. The van der Waals surface area contributed by atoms with Crippen molar-refractivity contribution in [3.63, 3.8) is 0 Å². The summed E-state index contributed by atoms with van der Waals surface area (Å²) in [4.78, 5) is 192. The molecule has 0 saturated carbocycles. The van der Waals surface area contributed by atoms with E-state index in [1.807, 2.05) is 31.4 Å². The number of alkyl halides is 6. The lowest BCUT2D eigenvalue weighted by atomic mass is 9.86.